The minimum absolute atomic E-state index is 0.0122. The summed E-state index contributed by atoms with van der Waals surface area (Å²) >= 11 is 0. The zero-order valence-corrected chi connectivity index (χ0v) is 17.4. The second-order valence-corrected chi connectivity index (χ2v) is 6.98. The number of nitrogens with one attached hydrogen (secondary N) is 2. The number of rotatable bonds is 7. The van der Waals surface area contributed by atoms with Crippen LogP contribution in [-0.4, -0.2) is 17.8 Å². The van der Waals surface area contributed by atoms with Crippen molar-refractivity contribution in [3.63, 3.8) is 0 Å². The fourth-order valence-corrected chi connectivity index (χ4v) is 3.38. The van der Waals surface area contributed by atoms with E-state index in [1.807, 2.05) is 32.0 Å². The minimum Gasteiger partial charge on any atom is -0.545 e. The normalized spacial score (nSPS) is 10.4. The van der Waals surface area contributed by atoms with E-state index in [-0.39, 0.29) is 17.0 Å². The van der Waals surface area contributed by atoms with E-state index in [0.717, 1.165) is 29.7 Å². The highest BCUT2D eigenvalue weighted by atomic mass is 16.4. The molecule has 0 aliphatic heterocycles. The number of hydrogen-bond donors (Lipinski definition) is 2. The molecule has 0 spiro atoms. The third-order valence-electron chi connectivity index (χ3n) is 5.01. The van der Waals surface area contributed by atoms with Crippen LogP contribution in [0.5, 0.6) is 0 Å². The first-order valence-electron chi connectivity index (χ1n) is 10.1. The zero-order chi connectivity index (χ0) is 22.4. The summed E-state index contributed by atoms with van der Waals surface area (Å²) in [7, 11) is 0. The van der Waals surface area contributed by atoms with Crippen LogP contribution in [0, 0.1) is 0 Å². The van der Waals surface area contributed by atoms with Gasteiger partial charge in [-0.05, 0) is 48.2 Å². The fourth-order valence-electron chi connectivity index (χ4n) is 3.38. The molecule has 6 heteroatoms. The van der Waals surface area contributed by atoms with Gasteiger partial charge in [-0.3, -0.25) is 9.59 Å². The maximum atomic E-state index is 12.9. The molecule has 2 N–H and O–H groups in total. The molecule has 0 aliphatic carbocycles. The van der Waals surface area contributed by atoms with E-state index < -0.39 is 11.9 Å². The molecule has 2 amide bonds. The smallest absolute Gasteiger partial charge is 0.256 e. The van der Waals surface area contributed by atoms with Crippen molar-refractivity contribution in [1.82, 2.24) is 0 Å². The van der Waals surface area contributed by atoms with Gasteiger partial charge in [0.1, 0.15) is 0 Å². The Morgan fingerprint density at radius 3 is 1.97 bits per heavy atom. The molecule has 3 aromatic carbocycles. The van der Waals surface area contributed by atoms with Crippen LogP contribution in [0.3, 0.4) is 0 Å². The highest BCUT2D eigenvalue weighted by molar-refractivity contribution is 6.11. The van der Waals surface area contributed by atoms with Crippen LogP contribution in [0.25, 0.3) is 0 Å². The standard InChI is InChI=1S/C25H24N2O4/c1-3-16-9-7-10-17(4-2)22(16)27-23(28)18-11-8-12-19(15-18)26-24(29)20-13-5-6-14-21(20)25(30)31/h5-15H,3-4H2,1-2H3,(H,26,29)(H,27,28)(H,30,31)/p-1. The Kier molecular flexibility index (Phi) is 6.82. The van der Waals surface area contributed by atoms with Gasteiger partial charge in [0.05, 0.1) is 5.97 Å². The van der Waals surface area contributed by atoms with Gasteiger partial charge in [0.15, 0.2) is 0 Å². The average molecular weight is 415 g/mol. The summed E-state index contributed by atoms with van der Waals surface area (Å²) < 4.78 is 0. The molecule has 0 aliphatic rings. The Balaban J connectivity index is 1.82. The van der Waals surface area contributed by atoms with Crippen LogP contribution in [0.15, 0.2) is 66.7 Å². The molecule has 3 rings (SSSR count). The van der Waals surface area contributed by atoms with Crippen LogP contribution in [-0.2, 0) is 12.8 Å². The molecule has 0 saturated carbocycles. The van der Waals surface area contributed by atoms with Crippen molar-refractivity contribution in [3.05, 3.63) is 94.5 Å². The number of amides is 2. The number of aryl methyl sites for hydroxylation is 2. The number of carboxylic acid groups (broad SMARTS) is 1. The Morgan fingerprint density at radius 2 is 1.35 bits per heavy atom. The topological polar surface area (TPSA) is 98.3 Å². The van der Waals surface area contributed by atoms with Gasteiger partial charge in [0.25, 0.3) is 11.8 Å². The molecule has 3 aromatic rings. The Morgan fingerprint density at radius 1 is 0.742 bits per heavy atom. The number of hydrogen-bond acceptors (Lipinski definition) is 4. The molecular formula is C25H23N2O4-. The molecule has 0 fully saturated rings. The molecule has 0 bridgehead atoms. The lowest BCUT2D eigenvalue weighted by Gasteiger charge is -2.15. The van der Waals surface area contributed by atoms with Gasteiger partial charge >= 0.3 is 0 Å². The lowest BCUT2D eigenvalue weighted by Crippen LogP contribution is -2.26. The minimum atomic E-state index is -1.43. The van der Waals surface area contributed by atoms with Gasteiger partial charge in [-0.2, -0.15) is 0 Å². The third-order valence-corrected chi connectivity index (χ3v) is 5.01. The summed E-state index contributed by atoms with van der Waals surface area (Å²) in [6, 6.07) is 18.3. The highest BCUT2D eigenvalue weighted by Gasteiger charge is 2.15. The molecule has 0 aromatic heterocycles. The van der Waals surface area contributed by atoms with Gasteiger partial charge in [0, 0.05) is 28.1 Å². The van der Waals surface area contributed by atoms with Gasteiger partial charge in [-0.1, -0.05) is 56.3 Å². The first kappa shape index (κ1) is 21.8. The third kappa shape index (κ3) is 4.98. The van der Waals surface area contributed by atoms with Crippen molar-refractivity contribution in [2.24, 2.45) is 0 Å². The van der Waals surface area contributed by atoms with Gasteiger partial charge in [-0.15, -0.1) is 0 Å². The predicted molar refractivity (Wildman–Crippen MR) is 118 cm³/mol. The van der Waals surface area contributed by atoms with E-state index in [2.05, 4.69) is 10.6 Å². The molecule has 0 heterocycles. The predicted octanol–water partition coefficient (Wildman–Crippen LogP) is 3.68. The van der Waals surface area contributed by atoms with E-state index in [0.29, 0.717) is 11.3 Å². The van der Waals surface area contributed by atoms with Crippen molar-refractivity contribution in [3.8, 4) is 0 Å². The number of para-hydroxylation sites is 1. The first-order chi connectivity index (χ1) is 14.9. The van der Waals surface area contributed by atoms with Crippen molar-refractivity contribution in [1.29, 1.82) is 0 Å². The highest BCUT2D eigenvalue weighted by Crippen LogP contribution is 2.24. The maximum absolute atomic E-state index is 12.9. The molecule has 0 atom stereocenters. The van der Waals surface area contributed by atoms with Crippen molar-refractivity contribution < 1.29 is 19.5 Å². The largest absolute Gasteiger partial charge is 0.545 e. The van der Waals surface area contributed by atoms with Crippen LogP contribution in [0.2, 0.25) is 0 Å². The number of carbonyl (C=O) groups is 3. The summed E-state index contributed by atoms with van der Waals surface area (Å²) in [5, 5.41) is 16.9. The quantitative estimate of drug-likeness (QED) is 0.615. The number of anilines is 2. The zero-order valence-electron chi connectivity index (χ0n) is 17.4. The second-order valence-electron chi connectivity index (χ2n) is 6.98. The monoisotopic (exact) mass is 415 g/mol. The summed E-state index contributed by atoms with van der Waals surface area (Å²) in [4.78, 5) is 36.7. The average Bonchev–Trinajstić information content (AvgIpc) is 2.79. The molecule has 0 saturated heterocycles. The van der Waals surface area contributed by atoms with Crippen molar-refractivity contribution >= 4 is 29.2 Å². The fraction of sp³-hybridized carbons (Fsp3) is 0.160. The molecule has 0 unspecified atom stereocenters. The summed E-state index contributed by atoms with van der Waals surface area (Å²) in [5.41, 5.74) is 3.46. The number of carboxylic acids is 1. The van der Waals surface area contributed by atoms with Crippen molar-refractivity contribution in [2.75, 3.05) is 10.6 Å². The van der Waals surface area contributed by atoms with Gasteiger partial charge in [-0.25, -0.2) is 0 Å². The first-order valence-corrected chi connectivity index (χ1v) is 10.1. The van der Waals surface area contributed by atoms with E-state index in [1.54, 1.807) is 30.3 Å². The number of aromatic carboxylic acids is 1. The molecule has 31 heavy (non-hydrogen) atoms. The van der Waals surface area contributed by atoms with E-state index >= 15 is 0 Å². The van der Waals surface area contributed by atoms with E-state index in [4.69, 9.17) is 0 Å². The second kappa shape index (κ2) is 9.71. The van der Waals surface area contributed by atoms with Crippen LogP contribution < -0.4 is 15.7 Å². The molecule has 158 valence electrons. The number of carbonyl (C=O) groups excluding carboxylic acids is 3. The van der Waals surface area contributed by atoms with E-state index in [9.17, 15) is 19.5 Å². The maximum Gasteiger partial charge on any atom is 0.256 e. The summed E-state index contributed by atoms with van der Waals surface area (Å²) in [5.74, 6) is -2.32. The van der Waals surface area contributed by atoms with Crippen LogP contribution in [0.1, 0.15) is 56.0 Å². The van der Waals surface area contributed by atoms with Crippen LogP contribution in [0.4, 0.5) is 11.4 Å². The Labute approximate surface area is 180 Å². The summed E-state index contributed by atoms with van der Waals surface area (Å²) in [6.45, 7) is 4.07. The number of benzene rings is 3. The van der Waals surface area contributed by atoms with Crippen LogP contribution >= 0.6 is 0 Å². The summed E-state index contributed by atoms with van der Waals surface area (Å²) in [6.07, 6.45) is 1.58. The molecule has 0 radical (unpaired) electrons. The lowest BCUT2D eigenvalue weighted by atomic mass is 10.0. The van der Waals surface area contributed by atoms with Crippen molar-refractivity contribution in [2.45, 2.75) is 26.7 Å². The lowest BCUT2D eigenvalue weighted by molar-refractivity contribution is -0.255. The van der Waals surface area contributed by atoms with Gasteiger partial charge < -0.3 is 20.5 Å². The molecular weight excluding hydrogens is 392 g/mol. The van der Waals surface area contributed by atoms with E-state index in [1.165, 1.54) is 18.2 Å². The Hall–Kier alpha value is -3.93. The van der Waals surface area contributed by atoms with Gasteiger partial charge in [0.2, 0.25) is 0 Å². The Bertz CT molecular complexity index is 1120. The molecule has 6 nitrogen and oxygen atoms in total. The SMILES string of the molecule is CCc1cccc(CC)c1NC(=O)c1cccc(NC(=O)c2ccccc2C(=O)[O-])c1.